The third-order valence-corrected chi connectivity index (χ3v) is 4.20. The molecule has 0 aliphatic carbocycles. The van der Waals surface area contributed by atoms with Gasteiger partial charge in [0, 0.05) is 25.0 Å². The molecule has 0 amide bonds. The van der Waals surface area contributed by atoms with Crippen molar-refractivity contribution >= 4 is 22.9 Å². The maximum atomic E-state index is 12.8. The van der Waals surface area contributed by atoms with Crippen molar-refractivity contribution in [1.29, 1.82) is 0 Å². The Labute approximate surface area is 163 Å². The zero-order valence-corrected chi connectivity index (χ0v) is 15.2. The van der Waals surface area contributed by atoms with Gasteiger partial charge in [-0.15, -0.1) is 0 Å². The van der Waals surface area contributed by atoms with Crippen LogP contribution in [-0.2, 0) is 17.6 Å². The number of carbonyl (C=O) groups excluding carboxylic acids is 1. The molecule has 28 heavy (non-hydrogen) atoms. The number of rotatable bonds is 8. The Hall–Kier alpha value is -3.32. The Morgan fingerprint density at radius 3 is 1.93 bits per heavy atom. The van der Waals surface area contributed by atoms with Crippen LogP contribution in [0.4, 0.5) is 11.4 Å². The molecule has 6 nitrogen and oxygen atoms in total. The standard InChI is InChI=1S/C22H21N3O3/c26-22(16-18-9-5-2-6-10-18)21(15-17-7-3-1-4-8-17)24-23-19-11-13-20(14-12-19)25(27)28/h1-14,23,25,27H,15-16H2. The second-order valence-electron chi connectivity index (χ2n) is 6.30. The largest absolute Gasteiger partial charge is 0.595 e. The number of nitrogens with zero attached hydrogens (tertiary/aromatic N) is 1. The van der Waals surface area contributed by atoms with Crippen molar-refractivity contribution in [3.05, 3.63) is 101 Å². The SMILES string of the molecule is O=C(Cc1ccccc1)C(Cc1ccccc1)=NNc1ccc([NH+]([O-])O)cc1. The lowest BCUT2D eigenvalue weighted by Gasteiger charge is -2.12. The number of benzene rings is 3. The van der Waals surface area contributed by atoms with E-state index in [1.165, 1.54) is 12.1 Å². The minimum atomic E-state index is -0.988. The van der Waals surface area contributed by atoms with Gasteiger partial charge in [0.1, 0.15) is 5.71 Å². The quantitative estimate of drug-likeness (QED) is 0.417. The maximum absolute atomic E-state index is 12.8. The van der Waals surface area contributed by atoms with E-state index in [0.29, 0.717) is 17.8 Å². The number of Topliss-reactive ketones (excluding diaryl/α,β-unsaturated/α-hetero) is 1. The summed E-state index contributed by atoms with van der Waals surface area (Å²) >= 11 is 0. The van der Waals surface area contributed by atoms with Crippen LogP contribution in [0.3, 0.4) is 0 Å². The van der Waals surface area contributed by atoms with Crippen molar-refractivity contribution in [1.82, 2.24) is 0 Å². The first-order valence-electron chi connectivity index (χ1n) is 8.89. The summed E-state index contributed by atoms with van der Waals surface area (Å²) in [5.41, 5.74) is 6.01. The first-order valence-corrected chi connectivity index (χ1v) is 8.89. The van der Waals surface area contributed by atoms with Crippen molar-refractivity contribution in [3.63, 3.8) is 0 Å². The predicted molar refractivity (Wildman–Crippen MR) is 109 cm³/mol. The summed E-state index contributed by atoms with van der Waals surface area (Å²) in [6.07, 6.45) is 0.679. The topological polar surface area (TPSA) is 89.2 Å². The van der Waals surface area contributed by atoms with Gasteiger partial charge < -0.3 is 5.21 Å². The van der Waals surface area contributed by atoms with E-state index in [1.807, 2.05) is 60.7 Å². The molecule has 1 unspecified atom stereocenters. The Morgan fingerprint density at radius 1 is 0.857 bits per heavy atom. The van der Waals surface area contributed by atoms with Crippen LogP contribution in [0, 0.1) is 5.21 Å². The zero-order valence-electron chi connectivity index (χ0n) is 15.2. The molecular formula is C22H21N3O3. The summed E-state index contributed by atoms with van der Waals surface area (Å²) in [7, 11) is 0. The molecule has 3 aromatic carbocycles. The van der Waals surface area contributed by atoms with Crippen molar-refractivity contribution in [2.75, 3.05) is 5.43 Å². The van der Waals surface area contributed by atoms with E-state index in [-0.39, 0.29) is 17.9 Å². The molecule has 1 atom stereocenters. The smallest absolute Gasteiger partial charge is 0.183 e. The molecule has 142 valence electrons. The third kappa shape index (κ3) is 5.59. The van der Waals surface area contributed by atoms with Crippen LogP contribution in [0.25, 0.3) is 0 Å². The maximum Gasteiger partial charge on any atom is 0.183 e. The number of hydrogen-bond acceptors (Lipinski definition) is 5. The van der Waals surface area contributed by atoms with Gasteiger partial charge in [0.25, 0.3) is 0 Å². The molecule has 3 aromatic rings. The highest BCUT2D eigenvalue weighted by molar-refractivity contribution is 6.40. The highest BCUT2D eigenvalue weighted by Gasteiger charge is 2.13. The summed E-state index contributed by atoms with van der Waals surface area (Å²) in [4.78, 5) is 12.8. The Balaban J connectivity index is 1.78. The second kappa shape index (κ2) is 9.57. The van der Waals surface area contributed by atoms with Crippen molar-refractivity contribution < 1.29 is 15.2 Å². The average Bonchev–Trinajstić information content (AvgIpc) is 2.73. The lowest BCUT2D eigenvalue weighted by molar-refractivity contribution is -0.991. The van der Waals surface area contributed by atoms with Gasteiger partial charge in [-0.25, -0.2) is 5.21 Å². The molecule has 3 N–H and O–H groups in total. The van der Waals surface area contributed by atoms with Crippen LogP contribution in [0.15, 0.2) is 90.0 Å². The molecule has 0 aromatic heterocycles. The van der Waals surface area contributed by atoms with E-state index >= 15 is 0 Å². The fourth-order valence-corrected chi connectivity index (χ4v) is 2.69. The van der Waals surface area contributed by atoms with E-state index < -0.39 is 5.23 Å². The van der Waals surface area contributed by atoms with E-state index in [1.54, 1.807) is 12.1 Å². The summed E-state index contributed by atoms with van der Waals surface area (Å²) in [6.45, 7) is 0. The van der Waals surface area contributed by atoms with E-state index in [4.69, 9.17) is 5.21 Å². The summed E-state index contributed by atoms with van der Waals surface area (Å²) in [5, 5.41) is 23.3. The zero-order chi connectivity index (χ0) is 19.8. The van der Waals surface area contributed by atoms with Gasteiger partial charge in [0.15, 0.2) is 11.5 Å². The molecule has 0 saturated heterocycles. The third-order valence-electron chi connectivity index (χ3n) is 4.20. The molecule has 6 heteroatoms. The van der Waals surface area contributed by atoms with Crippen molar-refractivity contribution in [2.45, 2.75) is 12.8 Å². The van der Waals surface area contributed by atoms with Crippen LogP contribution < -0.4 is 10.7 Å². The van der Waals surface area contributed by atoms with Crippen LogP contribution in [0.1, 0.15) is 11.1 Å². The number of nitrogens with one attached hydrogen (secondary N) is 2. The number of anilines is 1. The summed E-state index contributed by atoms with van der Waals surface area (Å²) in [5.74, 6) is -0.0651. The number of hydrazone groups is 1. The molecular weight excluding hydrogens is 354 g/mol. The molecule has 0 aliphatic heterocycles. The molecule has 0 fully saturated rings. The van der Waals surface area contributed by atoms with Gasteiger partial charge in [0.05, 0.1) is 5.69 Å². The van der Waals surface area contributed by atoms with Crippen LogP contribution in [0.2, 0.25) is 0 Å². The average molecular weight is 375 g/mol. The Kier molecular flexibility index (Phi) is 6.64. The van der Waals surface area contributed by atoms with Gasteiger partial charge in [-0.05, 0) is 23.3 Å². The van der Waals surface area contributed by atoms with Gasteiger partial charge in [-0.1, -0.05) is 60.7 Å². The molecule has 0 heterocycles. The van der Waals surface area contributed by atoms with E-state index in [9.17, 15) is 10.0 Å². The fourth-order valence-electron chi connectivity index (χ4n) is 2.69. The first kappa shape index (κ1) is 19.4. The van der Waals surface area contributed by atoms with Crippen LogP contribution >= 0.6 is 0 Å². The van der Waals surface area contributed by atoms with Crippen LogP contribution in [-0.4, -0.2) is 16.7 Å². The van der Waals surface area contributed by atoms with Crippen molar-refractivity contribution in [2.24, 2.45) is 5.10 Å². The minimum absolute atomic E-state index is 0.0651. The lowest BCUT2D eigenvalue weighted by Crippen LogP contribution is -2.99. The molecule has 0 aliphatic rings. The molecule has 0 spiro atoms. The highest BCUT2D eigenvalue weighted by atomic mass is 16.8. The molecule has 0 bridgehead atoms. The van der Waals surface area contributed by atoms with E-state index in [0.717, 1.165) is 11.1 Å². The Bertz CT molecular complexity index is 924. The monoisotopic (exact) mass is 375 g/mol. The highest BCUT2D eigenvalue weighted by Crippen LogP contribution is 2.12. The fraction of sp³-hybridized carbons (Fsp3) is 0.0909. The summed E-state index contributed by atoms with van der Waals surface area (Å²) < 4.78 is 0. The van der Waals surface area contributed by atoms with Gasteiger partial charge in [0.2, 0.25) is 0 Å². The number of carbonyl (C=O) groups is 1. The first-order chi connectivity index (χ1) is 13.6. The number of ketones is 1. The van der Waals surface area contributed by atoms with Gasteiger partial charge in [-0.3, -0.25) is 10.2 Å². The van der Waals surface area contributed by atoms with Gasteiger partial charge in [-0.2, -0.15) is 10.3 Å². The second-order valence-corrected chi connectivity index (χ2v) is 6.30. The molecule has 0 radical (unpaired) electrons. The minimum Gasteiger partial charge on any atom is -0.595 e. The lowest BCUT2D eigenvalue weighted by atomic mass is 10.0. The molecule has 3 rings (SSSR count). The van der Waals surface area contributed by atoms with Gasteiger partial charge >= 0.3 is 0 Å². The van der Waals surface area contributed by atoms with Crippen LogP contribution in [0.5, 0.6) is 0 Å². The number of hydrogen-bond donors (Lipinski definition) is 3. The Morgan fingerprint density at radius 2 is 1.39 bits per heavy atom. The van der Waals surface area contributed by atoms with Crippen molar-refractivity contribution in [3.8, 4) is 0 Å². The van der Waals surface area contributed by atoms with E-state index in [2.05, 4.69) is 10.5 Å². The number of quaternary nitrogens is 1. The summed E-state index contributed by atoms with van der Waals surface area (Å²) in [6, 6.07) is 25.4. The molecule has 0 saturated carbocycles. The normalized spacial score (nSPS) is 12.4. The predicted octanol–water partition coefficient (Wildman–Crippen LogP) is 2.91.